The van der Waals surface area contributed by atoms with Crippen LogP contribution in [0.1, 0.15) is 6.42 Å². The number of hydrogen-bond donors (Lipinski definition) is 2. The summed E-state index contributed by atoms with van der Waals surface area (Å²) in [4.78, 5) is 11.1. The first-order valence-electron chi connectivity index (χ1n) is 4.05. The second-order valence-corrected chi connectivity index (χ2v) is 2.68. The van der Waals surface area contributed by atoms with Gasteiger partial charge < -0.3 is 20.1 Å². The number of methoxy groups -OCH3 is 2. The molecule has 1 atom stereocenters. The summed E-state index contributed by atoms with van der Waals surface area (Å²) in [5, 5.41) is 6.04. The fourth-order valence-electron chi connectivity index (χ4n) is 1.11. The molecular weight excluding hydrogens is 172 g/mol. The van der Waals surface area contributed by atoms with Gasteiger partial charge in [0, 0.05) is 25.4 Å². The monoisotopic (exact) mass is 186 g/mol. The molecule has 1 heterocycles. The van der Waals surface area contributed by atoms with Gasteiger partial charge in [-0.1, -0.05) is 0 Å². The van der Waals surface area contributed by atoms with E-state index in [2.05, 4.69) is 15.4 Å². The number of carbonyl (C=O) groups is 1. The topological polar surface area (TPSA) is 59.6 Å². The van der Waals surface area contributed by atoms with Gasteiger partial charge in [-0.3, -0.25) is 0 Å². The maximum Gasteiger partial charge on any atom is 0.335 e. The summed E-state index contributed by atoms with van der Waals surface area (Å²) in [6.07, 6.45) is 1.81. The van der Waals surface area contributed by atoms with Crippen LogP contribution < -0.4 is 10.6 Å². The van der Waals surface area contributed by atoms with Gasteiger partial charge >= 0.3 is 5.97 Å². The van der Waals surface area contributed by atoms with E-state index in [4.69, 9.17) is 4.74 Å². The van der Waals surface area contributed by atoms with Gasteiger partial charge in [-0.05, 0) is 0 Å². The highest BCUT2D eigenvalue weighted by Crippen LogP contribution is 2.08. The molecule has 74 valence electrons. The average Bonchev–Trinajstić information content (AvgIpc) is 2.65. The molecule has 0 saturated carbocycles. The lowest BCUT2D eigenvalue weighted by atomic mass is 10.2. The van der Waals surface area contributed by atoms with Gasteiger partial charge in [-0.2, -0.15) is 0 Å². The summed E-state index contributed by atoms with van der Waals surface area (Å²) in [6, 6.07) is 0. The van der Waals surface area contributed by atoms with Crippen molar-refractivity contribution in [2.75, 3.05) is 20.9 Å². The van der Waals surface area contributed by atoms with E-state index in [9.17, 15) is 4.79 Å². The molecule has 0 bridgehead atoms. The van der Waals surface area contributed by atoms with Crippen LogP contribution in [0.4, 0.5) is 0 Å². The van der Waals surface area contributed by atoms with Gasteiger partial charge in [0.15, 0.2) is 6.10 Å². The Balaban J connectivity index is 2.43. The van der Waals surface area contributed by atoms with Crippen LogP contribution in [0.5, 0.6) is 0 Å². The molecular formula is C8H14N2O3. The molecule has 1 rings (SSSR count). The first kappa shape index (κ1) is 9.85. The van der Waals surface area contributed by atoms with E-state index in [0.29, 0.717) is 13.1 Å². The molecule has 0 spiro atoms. The Labute approximate surface area is 77.1 Å². The molecule has 0 saturated heterocycles. The third kappa shape index (κ3) is 2.62. The standard InChI is InChI=1S/C8H14N2O3/c1-12-7(8(11)13-2)3-6-4-9-5-10-6/h4,7,9-10H,3,5H2,1-2H3. The molecule has 0 aromatic heterocycles. The Morgan fingerprint density at radius 2 is 2.46 bits per heavy atom. The number of nitrogens with one attached hydrogen (secondary N) is 2. The van der Waals surface area contributed by atoms with Gasteiger partial charge in [0.25, 0.3) is 0 Å². The summed E-state index contributed by atoms with van der Waals surface area (Å²) >= 11 is 0. The zero-order chi connectivity index (χ0) is 9.68. The lowest BCUT2D eigenvalue weighted by Gasteiger charge is -2.12. The van der Waals surface area contributed by atoms with E-state index >= 15 is 0 Å². The minimum absolute atomic E-state index is 0.350. The minimum atomic E-state index is -0.524. The van der Waals surface area contributed by atoms with Crippen LogP contribution in [0.25, 0.3) is 0 Å². The van der Waals surface area contributed by atoms with Crippen molar-refractivity contribution < 1.29 is 14.3 Å². The number of ether oxygens (including phenoxy) is 2. The van der Waals surface area contributed by atoms with E-state index in [1.54, 1.807) is 0 Å². The molecule has 5 nitrogen and oxygen atoms in total. The summed E-state index contributed by atoms with van der Waals surface area (Å²) in [5.41, 5.74) is 0.956. The third-order valence-corrected chi connectivity index (χ3v) is 1.85. The summed E-state index contributed by atoms with van der Waals surface area (Å²) in [7, 11) is 2.84. The molecule has 0 aliphatic carbocycles. The van der Waals surface area contributed by atoms with E-state index in [1.165, 1.54) is 14.2 Å². The smallest absolute Gasteiger partial charge is 0.335 e. The first-order chi connectivity index (χ1) is 6.27. The molecule has 0 aromatic rings. The third-order valence-electron chi connectivity index (χ3n) is 1.85. The van der Waals surface area contributed by atoms with Crippen molar-refractivity contribution in [1.82, 2.24) is 10.6 Å². The molecule has 1 unspecified atom stereocenters. The minimum Gasteiger partial charge on any atom is -0.467 e. The van der Waals surface area contributed by atoms with Crippen molar-refractivity contribution in [2.45, 2.75) is 12.5 Å². The predicted molar refractivity (Wildman–Crippen MR) is 46.7 cm³/mol. The Hall–Kier alpha value is -1.23. The van der Waals surface area contributed by atoms with Crippen LogP contribution in [0.15, 0.2) is 11.9 Å². The van der Waals surface area contributed by atoms with E-state index < -0.39 is 6.10 Å². The molecule has 1 aliphatic heterocycles. The van der Waals surface area contributed by atoms with E-state index in [1.807, 2.05) is 6.20 Å². The number of carbonyl (C=O) groups excluding carboxylic acids is 1. The summed E-state index contributed by atoms with van der Waals surface area (Å²) in [5.74, 6) is -0.350. The molecule has 5 heteroatoms. The van der Waals surface area contributed by atoms with Crippen molar-refractivity contribution >= 4 is 5.97 Å². The van der Waals surface area contributed by atoms with Crippen LogP contribution in [0.2, 0.25) is 0 Å². The molecule has 2 N–H and O–H groups in total. The van der Waals surface area contributed by atoms with Crippen LogP contribution >= 0.6 is 0 Å². The fraction of sp³-hybridized carbons (Fsp3) is 0.625. The largest absolute Gasteiger partial charge is 0.467 e. The summed E-state index contributed by atoms with van der Waals surface area (Å²) in [6.45, 7) is 0.701. The highest BCUT2D eigenvalue weighted by atomic mass is 16.6. The Morgan fingerprint density at radius 1 is 1.69 bits per heavy atom. The second kappa shape index (κ2) is 4.71. The molecule has 0 aromatic carbocycles. The molecule has 13 heavy (non-hydrogen) atoms. The van der Waals surface area contributed by atoms with Gasteiger partial charge in [0.05, 0.1) is 13.8 Å². The van der Waals surface area contributed by atoms with E-state index in [-0.39, 0.29) is 5.97 Å². The van der Waals surface area contributed by atoms with Crippen LogP contribution in [-0.4, -0.2) is 33.0 Å². The Morgan fingerprint density at radius 3 is 2.92 bits per heavy atom. The first-order valence-corrected chi connectivity index (χ1v) is 4.05. The number of esters is 1. The predicted octanol–water partition coefficient (Wildman–Crippen LogP) is -0.444. The van der Waals surface area contributed by atoms with Gasteiger partial charge in [0.1, 0.15) is 0 Å². The zero-order valence-corrected chi connectivity index (χ0v) is 7.79. The lowest BCUT2D eigenvalue weighted by molar-refractivity contribution is -0.152. The maximum atomic E-state index is 11.1. The number of hydrogen-bond acceptors (Lipinski definition) is 5. The van der Waals surface area contributed by atoms with Crippen molar-refractivity contribution in [3.8, 4) is 0 Å². The van der Waals surface area contributed by atoms with Gasteiger partial charge in [-0.15, -0.1) is 0 Å². The van der Waals surface area contributed by atoms with Crippen LogP contribution in [0.3, 0.4) is 0 Å². The van der Waals surface area contributed by atoms with Crippen LogP contribution in [-0.2, 0) is 14.3 Å². The van der Waals surface area contributed by atoms with Crippen molar-refractivity contribution in [1.29, 1.82) is 0 Å². The lowest BCUT2D eigenvalue weighted by Crippen LogP contribution is -2.27. The van der Waals surface area contributed by atoms with Crippen molar-refractivity contribution in [3.63, 3.8) is 0 Å². The zero-order valence-electron chi connectivity index (χ0n) is 7.79. The van der Waals surface area contributed by atoms with E-state index in [0.717, 1.165) is 5.70 Å². The molecule has 1 aliphatic rings. The van der Waals surface area contributed by atoms with Gasteiger partial charge in [-0.25, -0.2) is 4.79 Å². The quantitative estimate of drug-likeness (QED) is 0.583. The summed E-state index contributed by atoms with van der Waals surface area (Å²) < 4.78 is 9.56. The highest BCUT2D eigenvalue weighted by Gasteiger charge is 2.20. The maximum absolute atomic E-state index is 11.1. The Bertz CT molecular complexity index is 215. The fourth-order valence-corrected chi connectivity index (χ4v) is 1.11. The van der Waals surface area contributed by atoms with Crippen molar-refractivity contribution in [3.05, 3.63) is 11.9 Å². The van der Waals surface area contributed by atoms with Gasteiger partial charge in [0.2, 0.25) is 0 Å². The molecule has 0 amide bonds. The molecule has 0 radical (unpaired) electrons. The Kier molecular flexibility index (Phi) is 3.57. The second-order valence-electron chi connectivity index (χ2n) is 2.68. The van der Waals surface area contributed by atoms with Crippen LogP contribution in [0, 0.1) is 0 Å². The average molecular weight is 186 g/mol. The van der Waals surface area contributed by atoms with Crippen molar-refractivity contribution in [2.24, 2.45) is 0 Å². The highest BCUT2D eigenvalue weighted by molar-refractivity contribution is 5.74. The number of rotatable bonds is 4. The SMILES string of the molecule is COC(=O)C(CC1=CNCN1)OC. The normalized spacial score (nSPS) is 16.9. The molecule has 0 fully saturated rings.